The molecule has 0 heterocycles. The van der Waals surface area contributed by atoms with Crippen LogP contribution in [0.25, 0.3) is 0 Å². The highest BCUT2D eigenvalue weighted by atomic mass is 79.9. The van der Waals surface area contributed by atoms with Gasteiger partial charge in [-0.05, 0) is 36.4 Å². The molecule has 27 heavy (non-hydrogen) atoms. The molecule has 0 radical (unpaired) electrons. The number of hydrogen-bond donors (Lipinski definition) is 1. The molecule has 140 valence electrons. The molecule has 0 aliphatic heterocycles. The van der Waals surface area contributed by atoms with Gasteiger partial charge >= 0.3 is 5.97 Å². The standard InChI is InChI=1S/C22H21O3P.BrH/c1-25-21(22(23)24)17-26(18-11-5-2-6-12-18,19-13-7-3-8-14-19)20-15-9-4-10-16-20;/h2-16,21H,17H2,1H3;1H. The van der Waals surface area contributed by atoms with Gasteiger partial charge in [0.25, 0.3) is 0 Å². The van der Waals surface area contributed by atoms with Crippen molar-refractivity contribution in [1.29, 1.82) is 0 Å². The van der Waals surface area contributed by atoms with Gasteiger partial charge in [-0.2, -0.15) is 0 Å². The number of methoxy groups -OCH3 is 1. The van der Waals surface area contributed by atoms with Crippen LogP contribution in [0.4, 0.5) is 0 Å². The molecule has 1 N–H and O–H groups in total. The Morgan fingerprint density at radius 3 is 1.41 bits per heavy atom. The smallest absolute Gasteiger partial charge is 0.336 e. The summed E-state index contributed by atoms with van der Waals surface area (Å²) in [4.78, 5) is 11.8. The minimum atomic E-state index is -2.19. The second-order valence-electron chi connectivity index (χ2n) is 6.06. The SMILES string of the molecule is COC(C[P+](c1ccccc1)(c1ccccc1)c1ccccc1)C(=O)O.[Br-]. The highest BCUT2D eigenvalue weighted by molar-refractivity contribution is 7.95. The third-order valence-corrected chi connectivity index (χ3v) is 9.01. The van der Waals surface area contributed by atoms with E-state index in [0.29, 0.717) is 6.16 Å². The van der Waals surface area contributed by atoms with Crippen molar-refractivity contribution in [2.75, 3.05) is 13.3 Å². The molecule has 0 aliphatic carbocycles. The van der Waals surface area contributed by atoms with E-state index in [1.807, 2.05) is 54.6 Å². The van der Waals surface area contributed by atoms with E-state index in [9.17, 15) is 9.90 Å². The molecular formula is C22H22BrO3P. The van der Waals surface area contributed by atoms with Crippen molar-refractivity contribution in [3.8, 4) is 0 Å². The Hall–Kier alpha value is -2.00. The fourth-order valence-corrected chi connectivity index (χ4v) is 7.69. The minimum absolute atomic E-state index is 0. The lowest BCUT2D eigenvalue weighted by molar-refractivity contribution is -0.147. The van der Waals surface area contributed by atoms with E-state index in [-0.39, 0.29) is 17.0 Å². The minimum Gasteiger partial charge on any atom is -1.00 e. The molecular weight excluding hydrogens is 423 g/mol. The predicted octanol–water partition coefficient (Wildman–Crippen LogP) is 0.0841. The van der Waals surface area contributed by atoms with Crippen molar-refractivity contribution in [3.05, 3.63) is 91.0 Å². The highest BCUT2D eigenvalue weighted by Crippen LogP contribution is 2.55. The second-order valence-corrected chi connectivity index (χ2v) is 9.60. The number of halogens is 1. The van der Waals surface area contributed by atoms with Crippen LogP contribution in [0.15, 0.2) is 91.0 Å². The first-order chi connectivity index (χ1) is 12.7. The van der Waals surface area contributed by atoms with Crippen LogP contribution in [0.2, 0.25) is 0 Å². The van der Waals surface area contributed by atoms with Crippen molar-refractivity contribution in [2.24, 2.45) is 0 Å². The summed E-state index contributed by atoms with van der Waals surface area (Å²) in [7, 11) is -0.719. The van der Waals surface area contributed by atoms with E-state index in [1.54, 1.807) is 0 Å². The van der Waals surface area contributed by atoms with Gasteiger partial charge in [0.2, 0.25) is 0 Å². The zero-order valence-corrected chi connectivity index (χ0v) is 17.5. The number of rotatable bonds is 7. The molecule has 0 aromatic heterocycles. The number of ether oxygens (including phenoxy) is 1. The van der Waals surface area contributed by atoms with Gasteiger partial charge in [0, 0.05) is 7.11 Å². The summed E-state index contributed by atoms with van der Waals surface area (Å²) in [5.74, 6) is -0.931. The molecule has 3 rings (SSSR count). The molecule has 0 aliphatic rings. The molecule has 5 heteroatoms. The average molecular weight is 445 g/mol. The number of carbonyl (C=O) groups is 1. The van der Waals surface area contributed by atoms with Crippen LogP contribution in [0.3, 0.4) is 0 Å². The molecule has 0 amide bonds. The second kappa shape index (κ2) is 9.80. The third kappa shape index (κ3) is 4.47. The van der Waals surface area contributed by atoms with Crippen molar-refractivity contribution in [2.45, 2.75) is 6.10 Å². The molecule has 3 aromatic carbocycles. The Balaban J connectivity index is 0.00000261. The molecule has 1 atom stereocenters. The van der Waals surface area contributed by atoms with Gasteiger partial charge in [-0.3, -0.25) is 0 Å². The Bertz CT molecular complexity index is 745. The van der Waals surface area contributed by atoms with Gasteiger partial charge in [-0.1, -0.05) is 54.6 Å². The van der Waals surface area contributed by atoms with Crippen LogP contribution in [-0.2, 0) is 9.53 Å². The van der Waals surface area contributed by atoms with Crippen LogP contribution in [0, 0.1) is 0 Å². The molecule has 0 fully saturated rings. The predicted molar refractivity (Wildman–Crippen MR) is 108 cm³/mol. The largest absolute Gasteiger partial charge is 1.00 e. The summed E-state index contributed by atoms with van der Waals surface area (Å²) in [6.07, 6.45) is -0.458. The third-order valence-electron chi connectivity index (χ3n) is 4.59. The van der Waals surface area contributed by atoms with E-state index >= 15 is 0 Å². The van der Waals surface area contributed by atoms with Gasteiger partial charge in [0.1, 0.15) is 29.3 Å². The van der Waals surface area contributed by atoms with Gasteiger partial charge in [-0.25, -0.2) is 4.79 Å². The lowest BCUT2D eigenvalue weighted by Gasteiger charge is -2.29. The number of carboxylic acid groups (broad SMARTS) is 1. The van der Waals surface area contributed by atoms with Crippen molar-refractivity contribution in [1.82, 2.24) is 0 Å². The number of benzene rings is 3. The molecule has 3 nitrogen and oxygen atoms in total. The first-order valence-corrected chi connectivity index (χ1v) is 10.5. The molecule has 0 saturated heterocycles. The maximum absolute atomic E-state index is 11.8. The van der Waals surface area contributed by atoms with Gasteiger partial charge < -0.3 is 26.8 Å². The van der Waals surface area contributed by atoms with Crippen molar-refractivity contribution < 1.29 is 31.6 Å². The Morgan fingerprint density at radius 1 is 0.815 bits per heavy atom. The summed E-state index contributed by atoms with van der Waals surface area (Å²) in [5.41, 5.74) is 0. The number of hydrogen-bond acceptors (Lipinski definition) is 2. The van der Waals surface area contributed by atoms with Crippen LogP contribution < -0.4 is 32.9 Å². The molecule has 3 aromatic rings. The summed E-state index contributed by atoms with van der Waals surface area (Å²) in [6.45, 7) is 0. The molecule has 0 bridgehead atoms. The first kappa shape index (κ1) is 21.3. The quantitative estimate of drug-likeness (QED) is 0.525. The molecule has 0 spiro atoms. The monoisotopic (exact) mass is 444 g/mol. The Morgan fingerprint density at radius 2 is 1.15 bits per heavy atom. The molecule has 1 unspecified atom stereocenters. The topological polar surface area (TPSA) is 46.5 Å². The summed E-state index contributed by atoms with van der Waals surface area (Å²) in [5, 5.41) is 13.1. The van der Waals surface area contributed by atoms with Gasteiger partial charge in [0.05, 0.1) is 0 Å². The zero-order valence-electron chi connectivity index (χ0n) is 15.0. The normalized spacial score (nSPS) is 12.0. The highest BCUT2D eigenvalue weighted by Gasteiger charge is 2.48. The summed E-state index contributed by atoms with van der Waals surface area (Å²) < 4.78 is 5.36. The van der Waals surface area contributed by atoms with Crippen molar-refractivity contribution in [3.63, 3.8) is 0 Å². The van der Waals surface area contributed by atoms with Crippen LogP contribution in [0.5, 0.6) is 0 Å². The number of aliphatic carboxylic acids is 1. The summed E-state index contributed by atoms with van der Waals surface area (Å²) >= 11 is 0. The van der Waals surface area contributed by atoms with E-state index < -0.39 is 19.3 Å². The number of carboxylic acids is 1. The van der Waals surface area contributed by atoms with E-state index in [4.69, 9.17) is 4.74 Å². The van der Waals surface area contributed by atoms with E-state index in [2.05, 4.69) is 36.4 Å². The Kier molecular flexibility index (Phi) is 7.73. The van der Waals surface area contributed by atoms with Crippen LogP contribution in [-0.4, -0.2) is 30.5 Å². The zero-order chi connectivity index (χ0) is 18.4. The van der Waals surface area contributed by atoms with Crippen LogP contribution in [0.1, 0.15) is 0 Å². The first-order valence-electron chi connectivity index (χ1n) is 8.49. The maximum atomic E-state index is 11.8. The van der Waals surface area contributed by atoms with Crippen LogP contribution >= 0.6 is 7.26 Å². The maximum Gasteiger partial charge on any atom is 0.336 e. The fourth-order valence-electron chi connectivity index (χ4n) is 3.31. The lowest BCUT2D eigenvalue weighted by Crippen LogP contribution is -3.00. The van der Waals surface area contributed by atoms with E-state index in [1.165, 1.54) is 7.11 Å². The average Bonchev–Trinajstić information content (AvgIpc) is 2.71. The Labute approximate surface area is 171 Å². The van der Waals surface area contributed by atoms with Crippen molar-refractivity contribution >= 4 is 29.1 Å². The van der Waals surface area contributed by atoms with Gasteiger partial charge in [0.15, 0.2) is 6.10 Å². The lowest BCUT2D eigenvalue weighted by atomic mass is 10.3. The van der Waals surface area contributed by atoms with Gasteiger partial charge in [-0.15, -0.1) is 0 Å². The molecule has 0 saturated carbocycles. The van der Waals surface area contributed by atoms with E-state index in [0.717, 1.165) is 15.9 Å². The summed E-state index contributed by atoms with van der Waals surface area (Å²) in [6, 6.07) is 30.6. The fraction of sp³-hybridized carbons (Fsp3) is 0.136.